The summed E-state index contributed by atoms with van der Waals surface area (Å²) in [6.45, 7) is 3.89. The first-order valence-corrected chi connectivity index (χ1v) is 8.53. The Bertz CT molecular complexity index is 759. The van der Waals surface area contributed by atoms with Gasteiger partial charge in [0.1, 0.15) is 5.82 Å². The third kappa shape index (κ3) is 5.11. The summed E-state index contributed by atoms with van der Waals surface area (Å²) in [7, 11) is 0. The van der Waals surface area contributed by atoms with Crippen LogP contribution in [-0.4, -0.2) is 10.9 Å². The van der Waals surface area contributed by atoms with E-state index in [1.54, 1.807) is 12.1 Å². The number of hydrogen-bond donors (Lipinski definition) is 2. The van der Waals surface area contributed by atoms with Crippen molar-refractivity contribution in [3.05, 3.63) is 47.1 Å². The number of hydrogen-bond acceptors (Lipinski definition) is 3. The number of anilines is 3. The molecular weight excluding hydrogens is 367 g/mol. The molecule has 0 spiro atoms. The maximum absolute atomic E-state index is 12.9. The van der Waals surface area contributed by atoms with Gasteiger partial charge in [0, 0.05) is 11.6 Å². The van der Waals surface area contributed by atoms with Crippen molar-refractivity contribution in [2.45, 2.75) is 32.9 Å². The van der Waals surface area contributed by atoms with Crippen molar-refractivity contribution >= 4 is 34.7 Å². The average Bonchev–Trinajstić information content (AvgIpc) is 2.58. The standard InChI is InChI=1S/C18H19ClF3N3O/c1-3-11(4-2)17(26)25-13-6-8-16(23-10-13)24-12-5-7-15(19)14(9-12)18(20,21)22/h5-11H,3-4H2,1-2H3,(H,23,24)(H,25,26). The minimum atomic E-state index is -4.54. The topological polar surface area (TPSA) is 54.0 Å². The van der Waals surface area contributed by atoms with E-state index in [1.165, 1.54) is 18.3 Å². The van der Waals surface area contributed by atoms with E-state index >= 15 is 0 Å². The number of nitrogens with zero attached hydrogens (tertiary/aromatic N) is 1. The number of alkyl halides is 3. The van der Waals surface area contributed by atoms with Crippen molar-refractivity contribution < 1.29 is 18.0 Å². The zero-order valence-corrected chi connectivity index (χ0v) is 15.1. The highest BCUT2D eigenvalue weighted by molar-refractivity contribution is 6.31. The molecule has 8 heteroatoms. The van der Waals surface area contributed by atoms with Gasteiger partial charge in [0.25, 0.3) is 0 Å². The summed E-state index contributed by atoms with van der Waals surface area (Å²) in [6, 6.07) is 6.74. The number of nitrogens with one attached hydrogen (secondary N) is 2. The van der Waals surface area contributed by atoms with Crippen LogP contribution in [0.15, 0.2) is 36.5 Å². The molecule has 0 bridgehead atoms. The van der Waals surface area contributed by atoms with Crippen LogP contribution in [-0.2, 0) is 11.0 Å². The fraction of sp³-hybridized carbons (Fsp3) is 0.333. The number of amides is 1. The van der Waals surface area contributed by atoms with Gasteiger partial charge in [-0.15, -0.1) is 0 Å². The van der Waals surface area contributed by atoms with Crippen LogP contribution >= 0.6 is 11.6 Å². The van der Waals surface area contributed by atoms with Gasteiger partial charge < -0.3 is 10.6 Å². The predicted octanol–water partition coefficient (Wildman–Crippen LogP) is 5.87. The molecule has 0 atom stereocenters. The first-order valence-electron chi connectivity index (χ1n) is 8.15. The van der Waals surface area contributed by atoms with Crippen LogP contribution in [0.2, 0.25) is 5.02 Å². The fourth-order valence-electron chi connectivity index (χ4n) is 2.41. The fourth-order valence-corrected chi connectivity index (χ4v) is 2.64. The Morgan fingerprint density at radius 3 is 2.35 bits per heavy atom. The molecule has 0 unspecified atom stereocenters. The number of carbonyl (C=O) groups excluding carboxylic acids is 1. The van der Waals surface area contributed by atoms with Gasteiger partial charge in [-0.3, -0.25) is 4.79 Å². The molecular formula is C18H19ClF3N3O. The van der Waals surface area contributed by atoms with Gasteiger partial charge in [-0.05, 0) is 43.2 Å². The second kappa shape index (κ2) is 8.40. The molecule has 1 aromatic carbocycles. The Hall–Kier alpha value is -2.28. The SMILES string of the molecule is CCC(CC)C(=O)Nc1ccc(Nc2ccc(Cl)c(C(F)(F)F)c2)nc1. The molecule has 140 valence electrons. The molecule has 2 N–H and O–H groups in total. The minimum Gasteiger partial charge on any atom is -0.340 e. The number of rotatable bonds is 6. The second-order valence-electron chi connectivity index (χ2n) is 5.75. The molecule has 4 nitrogen and oxygen atoms in total. The summed E-state index contributed by atoms with van der Waals surface area (Å²) >= 11 is 5.60. The molecule has 0 aliphatic heterocycles. The maximum atomic E-state index is 12.9. The summed E-state index contributed by atoms with van der Waals surface area (Å²) in [5.74, 6) is 0.202. The van der Waals surface area contributed by atoms with Crippen LogP contribution in [0, 0.1) is 5.92 Å². The Balaban J connectivity index is 2.09. The first-order chi connectivity index (χ1) is 12.2. The van der Waals surface area contributed by atoms with Crippen molar-refractivity contribution in [1.29, 1.82) is 0 Å². The van der Waals surface area contributed by atoms with E-state index in [-0.39, 0.29) is 22.5 Å². The Morgan fingerprint density at radius 2 is 1.81 bits per heavy atom. The van der Waals surface area contributed by atoms with Crippen LogP contribution in [0.5, 0.6) is 0 Å². The lowest BCUT2D eigenvalue weighted by atomic mass is 10.0. The molecule has 1 aromatic heterocycles. The van der Waals surface area contributed by atoms with Crippen LogP contribution in [0.25, 0.3) is 0 Å². The van der Waals surface area contributed by atoms with Crippen molar-refractivity contribution in [3.8, 4) is 0 Å². The normalized spacial score (nSPS) is 11.5. The lowest BCUT2D eigenvalue weighted by molar-refractivity contribution is -0.137. The largest absolute Gasteiger partial charge is 0.417 e. The van der Waals surface area contributed by atoms with Gasteiger partial charge in [0.2, 0.25) is 5.91 Å². The molecule has 26 heavy (non-hydrogen) atoms. The summed E-state index contributed by atoms with van der Waals surface area (Å²) in [5.41, 5.74) is -0.180. The molecule has 2 rings (SSSR count). The van der Waals surface area contributed by atoms with Crippen LogP contribution < -0.4 is 10.6 Å². The average molecular weight is 386 g/mol. The van der Waals surface area contributed by atoms with Gasteiger partial charge >= 0.3 is 6.18 Å². The lowest BCUT2D eigenvalue weighted by Gasteiger charge is -2.14. The Labute approximate surface area is 154 Å². The quantitative estimate of drug-likeness (QED) is 0.653. The molecule has 0 saturated heterocycles. The molecule has 0 saturated carbocycles. The van der Waals surface area contributed by atoms with E-state index < -0.39 is 11.7 Å². The van der Waals surface area contributed by atoms with E-state index in [0.29, 0.717) is 11.5 Å². The molecule has 1 amide bonds. The number of benzene rings is 1. The van der Waals surface area contributed by atoms with Crippen molar-refractivity contribution in [2.75, 3.05) is 10.6 Å². The number of aromatic nitrogens is 1. The third-order valence-electron chi connectivity index (χ3n) is 3.93. The van der Waals surface area contributed by atoms with E-state index in [1.807, 2.05) is 13.8 Å². The number of halogens is 4. The van der Waals surface area contributed by atoms with E-state index in [2.05, 4.69) is 15.6 Å². The minimum absolute atomic E-state index is 0.0670. The third-order valence-corrected chi connectivity index (χ3v) is 4.26. The number of pyridine rings is 1. The van der Waals surface area contributed by atoms with E-state index in [9.17, 15) is 18.0 Å². The summed E-state index contributed by atoms with van der Waals surface area (Å²) < 4.78 is 38.7. The molecule has 0 aliphatic rings. The predicted molar refractivity (Wildman–Crippen MR) is 96.7 cm³/mol. The van der Waals surface area contributed by atoms with Gasteiger partial charge in [-0.2, -0.15) is 13.2 Å². The maximum Gasteiger partial charge on any atom is 0.417 e. The molecule has 0 aliphatic carbocycles. The highest BCUT2D eigenvalue weighted by Gasteiger charge is 2.33. The highest BCUT2D eigenvalue weighted by Crippen LogP contribution is 2.36. The van der Waals surface area contributed by atoms with Crippen LogP contribution in [0.3, 0.4) is 0 Å². The second-order valence-corrected chi connectivity index (χ2v) is 6.16. The molecule has 1 heterocycles. The van der Waals surface area contributed by atoms with Gasteiger partial charge in [0.05, 0.1) is 22.5 Å². The van der Waals surface area contributed by atoms with Gasteiger partial charge in [-0.1, -0.05) is 25.4 Å². The van der Waals surface area contributed by atoms with Crippen molar-refractivity contribution in [1.82, 2.24) is 4.98 Å². The molecule has 0 radical (unpaired) electrons. The summed E-state index contributed by atoms with van der Waals surface area (Å²) in [4.78, 5) is 16.2. The first kappa shape index (κ1) is 20.0. The van der Waals surface area contributed by atoms with E-state index in [4.69, 9.17) is 11.6 Å². The van der Waals surface area contributed by atoms with Crippen molar-refractivity contribution in [2.24, 2.45) is 5.92 Å². The number of carbonyl (C=O) groups is 1. The van der Waals surface area contributed by atoms with Crippen molar-refractivity contribution in [3.63, 3.8) is 0 Å². The lowest BCUT2D eigenvalue weighted by Crippen LogP contribution is -2.21. The van der Waals surface area contributed by atoms with Gasteiger partial charge in [0.15, 0.2) is 0 Å². The summed E-state index contributed by atoms with van der Waals surface area (Å²) in [5, 5.41) is 5.20. The zero-order chi connectivity index (χ0) is 19.3. The Morgan fingerprint density at radius 1 is 1.15 bits per heavy atom. The van der Waals surface area contributed by atoms with Gasteiger partial charge in [-0.25, -0.2) is 4.98 Å². The van der Waals surface area contributed by atoms with Crippen LogP contribution in [0.4, 0.5) is 30.4 Å². The zero-order valence-electron chi connectivity index (χ0n) is 14.3. The van der Waals surface area contributed by atoms with E-state index in [0.717, 1.165) is 18.9 Å². The highest BCUT2D eigenvalue weighted by atomic mass is 35.5. The smallest absolute Gasteiger partial charge is 0.340 e. The monoisotopic (exact) mass is 385 g/mol. The van der Waals surface area contributed by atoms with Crippen LogP contribution in [0.1, 0.15) is 32.3 Å². The summed E-state index contributed by atoms with van der Waals surface area (Å²) in [6.07, 6.45) is -1.60. The molecule has 2 aromatic rings. The molecule has 0 fully saturated rings. The Kier molecular flexibility index (Phi) is 6.47.